The van der Waals surface area contributed by atoms with Crippen LogP contribution in [0.4, 0.5) is 13.9 Å². The molecular weight excluding hydrogens is 416 g/mol. The molecular formula is C24H31F2N3OS. The van der Waals surface area contributed by atoms with Gasteiger partial charge in [0.2, 0.25) is 0 Å². The highest BCUT2D eigenvalue weighted by Gasteiger charge is 2.17. The average molecular weight is 448 g/mol. The first-order valence-corrected chi connectivity index (χ1v) is 12.1. The SMILES string of the molecule is CCCCCCCCCCCCn1cc(-c2cnc(N)s2)c(=O)c2cc(F)cc(F)c21. The predicted molar refractivity (Wildman–Crippen MR) is 125 cm³/mol. The Labute approximate surface area is 186 Å². The Hall–Kier alpha value is -2.28. The lowest BCUT2D eigenvalue weighted by atomic mass is 10.1. The van der Waals surface area contributed by atoms with Gasteiger partial charge in [0.05, 0.1) is 21.3 Å². The molecule has 0 saturated carbocycles. The molecule has 168 valence electrons. The molecule has 0 radical (unpaired) electrons. The van der Waals surface area contributed by atoms with Crippen LogP contribution in [0.25, 0.3) is 21.3 Å². The van der Waals surface area contributed by atoms with E-state index < -0.39 is 17.1 Å². The molecule has 2 heterocycles. The maximum atomic E-state index is 14.6. The van der Waals surface area contributed by atoms with E-state index in [1.165, 1.54) is 62.5 Å². The van der Waals surface area contributed by atoms with Crippen molar-refractivity contribution in [3.05, 3.63) is 46.4 Å². The number of aromatic nitrogens is 2. The van der Waals surface area contributed by atoms with Crippen molar-refractivity contribution in [1.82, 2.24) is 9.55 Å². The van der Waals surface area contributed by atoms with E-state index >= 15 is 0 Å². The number of nitrogens with two attached hydrogens (primary N) is 1. The molecule has 0 amide bonds. The number of benzene rings is 1. The standard InChI is InChI=1S/C24H31F2N3OS/c1-2-3-4-5-6-7-8-9-10-11-12-29-16-19(21-15-28-24(27)31-21)23(30)18-13-17(25)14-20(26)22(18)29/h13-16H,2-12H2,1H3,(H2,27,28). The zero-order valence-corrected chi connectivity index (χ0v) is 18.9. The molecule has 0 aliphatic heterocycles. The molecule has 4 nitrogen and oxygen atoms in total. The lowest BCUT2D eigenvalue weighted by Crippen LogP contribution is -2.13. The minimum Gasteiger partial charge on any atom is -0.375 e. The van der Waals surface area contributed by atoms with Gasteiger partial charge in [-0.1, -0.05) is 76.0 Å². The highest BCUT2D eigenvalue weighted by Crippen LogP contribution is 2.28. The summed E-state index contributed by atoms with van der Waals surface area (Å²) in [5.74, 6) is -1.47. The monoisotopic (exact) mass is 447 g/mol. The first-order valence-electron chi connectivity index (χ1n) is 11.2. The fourth-order valence-corrected chi connectivity index (χ4v) is 4.68. The number of hydrogen-bond acceptors (Lipinski definition) is 4. The molecule has 0 aliphatic rings. The van der Waals surface area contributed by atoms with Gasteiger partial charge in [-0.25, -0.2) is 13.8 Å². The number of nitrogen functional groups attached to an aromatic ring is 1. The Morgan fingerprint density at radius 3 is 2.26 bits per heavy atom. The Balaban J connectivity index is 1.69. The quantitative estimate of drug-likeness (QED) is 0.307. The van der Waals surface area contributed by atoms with Gasteiger partial charge in [0, 0.05) is 25.0 Å². The number of nitrogens with zero attached hydrogens (tertiary/aromatic N) is 2. The van der Waals surface area contributed by atoms with Crippen LogP contribution in [0.15, 0.2) is 29.3 Å². The summed E-state index contributed by atoms with van der Waals surface area (Å²) in [6, 6.07) is 1.95. The van der Waals surface area contributed by atoms with Crippen molar-refractivity contribution in [1.29, 1.82) is 0 Å². The van der Waals surface area contributed by atoms with E-state index in [1.54, 1.807) is 10.8 Å². The highest BCUT2D eigenvalue weighted by molar-refractivity contribution is 7.18. The van der Waals surface area contributed by atoms with E-state index in [9.17, 15) is 13.6 Å². The maximum absolute atomic E-state index is 14.6. The lowest BCUT2D eigenvalue weighted by molar-refractivity contribution is 0.533. The number of rotatable bonds is 12. The smallest absolute Gasteiger partial charge is 0.198 e. The number of unbranched alkanes of at least 4 members (excludes halogenated alkanes) is 9. The van der Waals surface area contributed by atoms with Crippen LogP contribution < -0.4 is 11.2 Å². The maximum Gasteiger partial charge on any atom is 0.198 e. The lowest BCUT2D eigenvalue weighted by Gasteiger charge is -2.14. The molecule has 0 bridgehead atoms. The Bertz CT molecular complexity index is 1060. The Morgan fingerprint density at radius 1 is 1.00 bits per heavy atom. The summed E-state index contributed by atoms with van der Waals surface area (Å²) in [6.45, 7) is 2.79. The summed E-state index contributed by atoms with van der Waals surface area (Å²) in [6.07, 6.45) is 15.2. The predicted octanol–water partition coefficient (Wildman–Crippen LogP) is 6.91. The summed E-state index contributed by atoms with van der Waals surface area (Å²) < 4.78 is 30.2. The molecule has 0 unspecified atom stereocenters. The van der Waals surface area contributed by atoms with E-state index in [1.807, 2.05) is 0 Å². The van der Waals surface area contributed by atoms with Gasteiger partial charge in [-0.15, -0.1) is 0 Å². The molecule has 0 aliphatic carbocycles. The van der Waals surface area contributed by atoms with Crippen LogP contribution in [-0.2, 0) is 6.54 Å². The molecule has 3 aromatic rings. The van der Waals surface area contributed by atoms with Gasteiger partial charge in [0.15, 0.2) is 16.4 Å². The van der Waals surface area contributed by atoms with Crippen LogP contribution >= 0.6 is 11.3 Å². The summed E-state index contributed by atoms with van der Waals surface area (Å²) in [5.41, 5.74) is 5.84. The minimum atomic E-state index is -0.756. The summed E-state index contributed by atoms with van der Waals surface area (Å²) in [4.78, 5) is 17.5. The van der Waals surface area contributed by atoms with Crippen LogP contribution in [0.3, 0.4) is 0 Å². The molecule has 7 heteroatoms. The molecule has 1 aromatic carbocycles. The minimum absolute atomic E-state index is 0.0500. The normalized spacial score (nSPS) is 11.5. The van der Waals surface area contributed by atoms with Crippen molar-refractivity contribution in [3.8, 4) is 10.4 Å². The largest absolute Gasteiger partial charge is 0.375 e. The van der Waals surface area contributed by atoms with Gasteiger partial charge < -0.3 is 10.3 Å². The van der Waals surface area contributed by atoms with Gasteiger partial charge in [-0.3, -0.25) is 4.79 Å². The van der Waals surface area contributed by atoms with Crippen LogP contribution in [0, 0.1) is 11.6 Å². The number of fused-ring (bicyclic) bond motifs is 1. The van der Waals surface area contributed by atoms with Crippen molar-refractivity contribution in [2.75, 3.05) is 5.73 Å². The number of anilines is 1. The molecule has 2 N–H and O–H groups in total. The average Bonchev–Trinajstić information content (AvgIpc) is 3.17. The Kier molecular flexibility index (Phi) is 8.58. The summed E-state index contributed by atoms with van der Waals surface area (Å²) in [7, 11) is 0. The second-order valence-electron chi connectivity index (χ2n) is 8.09. The number of thiazole rings is 1. The van der Waals surface area contributed by atoms with Crippen LogP contribution in [0.1, 0.15) is 71.1 Å². The van der Waals surface area contributed by atoms with E-state index in [2.05, 4.69) is 11.9 Å². The van der Waals surface area contributed by atoms with Crippen molar-refractivity contribution >= 4 is 27.4 Å². The topological polar surface area (TPSA) is 60.9 Å². The van der Waals surface area contributed by atoms with Gasteiger partial charge >= 0.3 is 0 Å². The van der Waals surface area contributed by atoms with Gasteiger partial charge in [-0.05, 0) is 12.5 Å². The fraction of sp³-hybridized carbons (Fsp3) is 0.500. The third-order valence-corrected chi connectivity index (χ3v) is 6.49. The van der Waals surface area contributed by atoms with Gasteiger partial charge in [0.1, 0.15) is 5.82 Å². The number of hydrogen-bond donors (Lipinski definition) is 1. The molecule has 0 fully saturated rings. The molecule has 0 atom stereocenters. The summed E-state index contributed by atoms with van der Waals surface area (Å²) >= 11 is 1.19. The zero-order valence-electron chi connectivity index (χ0n) is 18.1. The first kappa shape index (κ1) is 23.4. The van der Waals surface area contributed by atoms with Crippen molar-refractivity contribution in [2.24, 2.45) is 0 Å². The molecule has 0 spiro atoms. The van der Waals surface area contributed by atoms with Crippen LogP contribution in [-0.4, -0.2) is 9.55 Å². The molecule has 31 heavy (non-hydrogen) atoms. The number of halogens is 2. The second kappa shape index (κ2) is 11.4. The molecule has 3 rings (SSSR count). The summed E-state index contributed by atoms with van der Waals surface area (Å²) in [5, 5.41) is 0.398. The molecule has 0 saturated heterocycles. The van der Waals surface area contributed by atoms with Crippen molar-refractivity contribution in [3.63, 3.8) is 0 Å². The zero-order chi connectivity index (χ0) is 22.2. The molecule has 2 aromatic heterocycles. The van der Waals surface area contributed by atoms with Gasteiger partial charge in [0.25, 0.3) is 0 Å². The van der Waals surface area contributed by atoms with Crippen LogP contribution in [0.5, 0.6) is 0 Å². The second-order valence-corrected chi connectivity index (χ2v) is 9.16. The van der Waals surface area contributed by atoms with E-state index in [-0.39, 0.29) is 10.9 Å². The third-order valence-electron chi connectivity index (χ3n) is 5.63. The highest BCUT2D eigenvalue weighted by atomic mass is 32.1. The van der Waals surface area contributed by atoms with E-state index in [4.69, 9.17) is 5.73 Å². The first-order chi connectivity index (χ1) is 15.0. The number of aryl methyl sites for hydroxylation is 1. The van der Waals surface area contributed by atoms with Crippen molar-refractivity contribution < 1.29 is 8.78 Å². The Morgan fingerprint density at radius 2 is 1.65 bits per heavy atom. The van der Waals surface area contributed by atoms with E-state index in [0.29, 0.717) is 22.1 Å². The third kappa shape index (κ3) is 6.12. The fourth-order valence-electron chi connectivity index (χ4n) is 3.99. The van der Waals surface area contributed by atoms with Gasteiger partial charge in [-0.2, -0.15) is 0 Å². The van der Waals surface area contributed by atoms with Crippen molar-refractivity contribution in [2.45, 2.75) is 77.7 Å². The van der Waals surface area contributed by atoms with Crippen LogP contribution in [0.2, 0.25) is 0 Å². The number of pyridine rings is 1. The van der Waals surface area contributed by atoms with E-state index in [0.717, 1.165) is 31.4 Å².